The normalized spacial score (nSPS) is 24.3. The summed E-state index contributed by atoms with van der Waals surface area (Å²) < 4.78 is 11.8. The van der Waals surface area contributed by atoms with Gasteiger partial charge in [-0.3, -0.25) is 0 Å². The van der Waals surface area contributed by atoms with Gasteiger partial charge in [0.25, 0.3) is 0 Å². The molecule has 4 heteroatoms. The molecule has 1 aliphatic heterocycles. The van der Waals surface area contributed by atoms with Crippen molar-refractivity contribution in [1.29, 1.82) is 0 Å². The molecule has 1 aromatic heterocycles. The first kappa shape index (κ1) is 13.6. The molecule has 0 amide bonds. The Kier molecular flexibility index (Phi) is 3.10. The van der Waals surface area contributed by atoms with Crippen LogP contribution in [0.4, 0.5) is 0 Å². The van der Waals surface area contributed by atoms with Gasteiger partial charge in [0.15, 0.2) is 5.58 Å². The molecular weight excluding hydrogens is 252 g/mol. The highest BCUT2D eigenvalue weighted by molar-refractivity contribution is 5.72. The molecule has 1 N–H and O–H groups in total. The third-order valence-electron chi connectivity index (χ3n) is 3.91. The largest absolute Gasteiger partial charge is 0.439 e. The number of ether oxygens (including phenoxy) is 1. The van der Waals surface area contributed by atoms with E-state index in [0.29, 0.717) is 12.6 Å². The van der Waals surface area contributed by atoms with Crippen molar-refractivity contribution in [3.05, 3.63) is 30.2 Å². The van der Waals surface area contributed by atoms with Crippen molar-refractivity contribution < 1.29 is 9.15 Å². The van der Waals surface area contributed by atoms with Crippen LogP contribution in [0.1, 0.15) is 40.0 Å². The second-order valence-electron chi connectivity index (χ2n) is 6.68. The highest BCUT2D eigenvalue weighted by Gasteiger charge is 2.45. The van der Waals surface area contributed by atoms with Gasteiger partial charge in [0, 0.05) is 6.04 Å². The van der Waals surface area contributed by atoms with Crippen LogP contribution >= 0.6 is 0 Å². The Balaban J connectivity index is 1.70. The van der Waals surface area contributed by atoms with Crippen LogP contribution in [0.5, 0.6) is 0 Å². The molecule has 0 bridgehead atoms. The molecule has 108 valence electrons. The number of oxazole rings is 1. The first-order chi connectivity index (χ1) is 9.36. The van der Waals surface area contributed by atoms with Crippen LogP contribution in [-0.2, 0) is 11.3 Å². The quantitative estimate of drug-likeness (QED) is 0.933. The minimum atomic E-state index is -0.171. The lowest BCUT2D eigenvalue weighted by atomic mass is 9.94. The van der Waals surface area contributed by atoms with Gasteiger partial charge in [0.05, 0.1) is 17.7 Å². The Morgan fingerprint density at radius 2 is 2.00 bits per heavy atom. The maximum absolute atomic E-state index is 6.08. The van der Waals surface area contributed by atoms with Crippen LogP contribution < -0.4 is 5.32 Å². The number of fused-ring (bicyclic) bond motifs is 1. The number of nitrogens with one attached hydrogen (secondary N) is 1. The van der Waals surface area contributed by atoms with Crippen LogP contribution in [-0.4, -0.2) is 22.2 Å². The minimum Gasteiger partial charge on any atom is -0.439 e. The molecule has 20 heavy (non-hydrogen) atoms. The fourth-order valence-corrected chi connectivity index (χ4v) is 3.09. The molecule has 0 saturated carbocycles. The number of rotatable bonds is 3. The number of para-hydroxylation sites is 2. The standard InChI is InChI=1S/C16H22N2O2/c1-15(2)9-13(16(3,4)20-15)17-10-14-18-11-7-5-6-8-12(11)19-14/h5-8,13,17H,9-10H2,1-4H3/t13-/m1/s1. The summed E-state index contributed by atoms with van der Waals surface area (Å²) in [5, 5.41) is 3.52. The van der Waals surface area contributed by atoms with E-state index in [9.17, 15) is 0 Å². The molecule has 1 saturated heterocycles. The molecule has 0 radical (unpaired) electrons. The number of nitrogens with zero attached hydrogens (tertiary/aromatic N) is 1. The van der Waals surface area contributed by atoms with Gasteiger partial charge in [-0.05, 0) is 46.2 Å². The molecule has 1 atom stereocenters. The molecule has 0 aliphatic carbocycles. The molecule has 0 spiro atoms. The Morgan fingerprint density at radius 1 is 1.25 bits per heavy atom. The number of hydrogen-bond acceptors (Lipinski definition) is 4. The van der Waals surface area contributed by atoms with Crippen LogP contribution in [0.2, 0.25) is 0 Å². The number of aromatic nitrogens is 1. The molecule has 2 heterocycles. The van der Waals surface area contributed by atoms with Crippen molar-refractivity contribution in [3.8, 4) is 0 Å². The molecule has 4 nitrogen and oxygen atoms in total. The van der Waals surface area contributed by atoms with E-state index in [4.69, 9.17) is 9.15 Å². The van der Waals surface area contributed by atoms with Crippen molar-refractivity contribution in [2.24, 2.45) is 0 Å². The first-order valence-electron chi connectivity index (χ1n) is 7.14. The van der Waals surface area contributed by atoms with E-state index in [1.165, 1.54) is 0 Å². The third-order valence-corrected chi connectivity index (χ3v) is 3.91. The van der Waals surface area contributed by atoms with E-state index in [-0.39, 0.29) is 11.2 Å². The zero-order valence-corrected chi connectivity index (χ0v) is 12.6. The maximum atomic E-state index is 6.08. The van der Waals surface area contributed by atoms with Gasteiger partial charge in [-0.2, -0.15) is 0 Å². The minimum absolute atomic E-state index is 0.0809. The van der Waals surface area contributed by atoms with Gasteiger partial charge >= 0.3 is 0 Å². The van der Waals surface area contributed by atoms with Crippen molar-refractivity contribution >= 4 is 11.1 Å². The summed E-state index contributed by atoms with van der Waals surface area (Å²) in [6, 6.07) is 8.14. The summed E-state index contributed by atoms with van der Waals surface area (Å²) in [5.74, 6) is 0.728. The predicted octanol–water partition coefficient (Wildman–Crippen LogP) is 3.26. The van der Waals surface area contributed by atoms with Gasteiger partial charge in [0.1, 0.15) is 5.52 Å². The molecule has 3 rings (SSSR count). The summed E-state index contributed by atoms with van der Waals surface area (Å²) in [7, 11) is 0. The van der Waals surface area contributed by atoms with Gasteiger partial charge in [-0.15, -0.1) is 0 Å². The molecule has 1 aromatic carbocycles. The van der Waals surface area contributed by atoms with Crippen molar-refractivity contribution in [3.63, 3.8) is 0 Å². The average Bonchev–Trinajstić information content (AvgIpc) is 2.83. The molecule has 1 aliphatic rings. The SMILES string of the molecule is CC1(C)C[C@@H](NCc2nc3ccccc3o2)C(C)(C)O1. The summed E-state index contributed by atoms with van der Waals surface area (Å²) >= 11 is 0. The lowest BCUT2D eigenvalue weighted by molar-refractivity contribution is -0.0699. The summed E-state index contributed by atoms with van der Waals surface area (Å²) in [5.41, 5.74) is 1.50. The van der Waals surface area contributed by atoms with Crippen LogP contribution in [0.15, 0.2) is 28.7 Å². The maximum Gasteiger partial charge on any atom is 0.209 e. The van der Waals surface area contributed by atoms with Crippen molar-refractivity contribution in [2.45, 2.75) is 57.9 Å². The van der Waals surface area contributed by atoms with E-state index in [2.05, 4.69) is 38.0 Å². The van der Waals surface area contributed by atoms with Crippen molar-refractivity contribution in [1.82, 2.24) is 10.3 Å². The fourth-order valence-electron chi connectivity index (χ4n) is 3.09. The zero-order chi connectivity index (χ0) is 14.4. The topological polar surface area (TPSA) is 47.3 Å². The molecule has 0 unspecified atom stereocenters. The van der Waals surface area contributed by atoms with E-state index >= 15 is 0 Å². The van der Waals surface area contributed by atoms with E-state index in [1.807, 2.05) is 24.3 Å². The van der Waals surface area contributed by atoms with Crippen LogP contribution in [0.25, 0.3) is 11.1 Å². The van der Waals surface area contributed by atoms with Crippen LogP contribution in [0, 0.1) is 0 Å². The Labute approximate surface area is 119 Å². The molecular formula is C16H22N2O2. The lowest BCUT2D eigenvalue weighted by Gasteiger charge is -2.27. The number of hydrogen-bond donors (Lipinski definition) is 1. The van der Waals surface area contributed by atoms with Gasteiger partial charge in [-0.1, -0.05) is 12.1 Å². The second-order valence-corrected chi connectivity index (χ2v) is 6.68. The van der Waals surface area contributed by atoms with Gasteiger partial charge < -0.3 is 14.5 Å². The second kappa shape index (κ2) is 4.57. The van der Waals surface area contributed by atoms with Gasteiger partial charge in [-0.25, -0.2) is 4.98 Å². The highest BCUT2D eigenvalue weighted by atomic mass is 16.5. The highest BCUT2D eigenvalue weighted by Crippen LogP contribution is 2.37. The lowest BCUT2D eigenvalue weighted by Crippen LogP contribution is -2.42. The fraction of sp³-hybridized carbons (Fsp3) is 0.562. The van der Waals surface area contributed by atoms with Gasteiger partial charge in [0.2, 0.25) is 5.89 Å². The summed E-state index contributed by atoms with van der Waals surface area (Å²) in [6.45, 7) is 9.16. The smallest absolute Gasteiger partial charge is 0.209 e. The molecule has 1 fully saturated rings. The number of benzene rings is 1. The zero-order valence-electron chi connectivity index (χ0n) is 12.6. The van der Waals surface area contributed by atoms with E-state index in [0.717, 1.165) is 23.4 Å². The average molecular weight is 274 g/mol. The summed E-state index contributed by atoms with van der Waals surface area (Å²) in [4.78, 5) is 4.49. The Bertz CT molecular complexity index is 583. The third kappa shape index (κ3) is 2.58. The van der Waals surface area contributed by atoms with E-state index < -0.39 is 0 Å². The van der Waals surface area contributed by atoms with Crippen LogP contribution in [0.3, 0.4) is 0 Å². The van der Waals surface area contributed by atoms with Crippen molar-refractivity contribution in [2.75, 3.05) is 0 Å². The monoisotopic (exact) mass is 274 g/mol. The first-order valence-corrected chi connectivity index (χ1v) is 7.14. The summed E-state index contributed by atoms with van der Waals surface area (Å²) in [6.07, 6.45) is 0.986. The Hall–Kier alpha value is -1.39. The Morgan fingerprint density at radius 3 is 2.65 bits per heavy atom. The predicted molar refractivity (Wildman–Crippen MR) is 78.5 cm³/mol. The van der Waals surface area contributed by atoms with E-state index in [1.54, 1.807) is 0 Å². The molecule has 2 aromatic rings.